The Bertz CT molecular complexity index is 811. The highest BCUT2D eigenvalue weighted by molar-refractivity contribution is 5.59. The minimum absolute atomic E-state index is 0.373. The van der Waals surface area contributed by atoms with Crippen LogP contribution in [0.5, 0.6) is 0 Å². The molecule has 0 saturated heterocycles. The molecule has 1 heterocycles. The minimum atomic E-state index is -0.932. The second-order valence-electron chi connectivity index (χ2n) is 4.79. The van der Waals surface area contributed by atoms with Crippen molar-refractivity contribution in [1.29, 1.82) is 0 Å². The lowest BCUT2D eigenvalue weighted by Crippen LogP contribution is -2.14. The first-order valence-corrected chi connectivity index (χ1v) is 6.84. The molecule has 3 aromatic rings. The van der Waals surface area contributed by atoms with Crippen LogP contribution in [0.25, 0.3) is 0 Å². The molecule has 0 saturated carbocycles. The van der Waals surface area contributed by atoms with Crippen LogP contribution in [0, 0.1) is 11.6 Å². The van der Waals surface area contributed by atoms with Crippen molar-refractivity contribution < 1.29 is 8.78 Å². The average molecular weight is 313 g/mol. The predicted octanol–water partition coefficient (Wildman–Crippen LogP) is 3.66. The lowest BCUT2D eigenvalue weighted by atomic mass is 10.3. The van der Waals surface area contributed by atoms with Gasteiger partial charge in [0.25, 0.3) is 5.95 Å². The molecule has 0 unspecified atom stereocenters. The molecule has 0 aliphatic heterocycles. The van der Waals surface area contributed by atoms with Crippen LogP contribution >= 0.6 is 0 Å². The van der Waals surface area contributed by atoms with Crippen LogP contribution < -0.4 is 10.2 Å². The van der Waals surface area contributed by atoms with E-state index in [0.717, 1.165) is 17.8 Å². The van der Waals surface area contributed by atoms with Gasteiger partial charge in [-0.1, -0.05) is 18.2 Å². The van der Waals surface area contributed by atoms with Gasteiger partial charge in [0.2, 0.25) is 0 Å². The monoisotopic (exact) mass is 313 g/mol. The first kappa shape index (κ1) is 14.8. The number of rotatable bonds is 4. The number of nitrogens with zero attached hydrogens (tertiary/aromatic N) is 4. The minimum Gasteiger partial charge on any atom is -0.339 e. The summed E-state index contributed by atoms with van der Waals surface area (Å²) in [6.07, 6.45) is 1.41. The second kappa shape index (κ2) is 6.35. The fraction of sp³-hybridized carbons (Fsp3) is 0.0625. The van der Waals surface area contributed by atoms with Gasteiger partial charge < -0.3 is 10.2 Å². The number of hydrogen-bond acceptors (Lipinski definition) is 5. The molecule has 0 fully saturated rings. The normalized spacial score (nSPS) is 10.4. The van der Waals surface area contributed by atoms with Crippen LogP contribution in [-0.4, -0.2) is 22.2 Å². The average Bonchev–Trinajstić information content (AvgIpc) is 2.58. The highest BCUT2D eigenvalue weighted by Gasteiger charge is 2.09. The van der Waals surface area contributed by atoms with Crippen LogP contribution in [0.1, 0.15) is 0 Å². The van der Waals surface area contributed by atoms with Crippen molar-refractivity contribution in [3.63, 3.8) is 0 Å². The summed E-state index contributed by atoms with van der Waals surface area (Å²) in [7, 11) is 1.81. The Morgan fingerprint density at radius 2 is 1.78 bits per heavy atom. The molecule has 1 aromatic heterocycles. The van der Waals surface area contributed by atoms with Crippen molar-refractivity contribution >= 4 is 23.1 Å². The van der Waals surface area contributed by atoms with E-state index in [9.17, 15) is 8.78 Å². The van der Waals surface area contributed by atoms with Crippen molar-refractivity contribution in [2.45, 2.75) is 0 Å². The Labute approximate surface area is 131 Å². The van der Waals surface area contributed by atoms with E-state index in [0.29, 0.717) is 17.5 Å². The third-order valence-electron chi connectivity index (χ3n) is 3.18. The zero-order chi connectivity index (χ0) is 16.2. The van der Waals surface area contributed by atoms with Gasteiger partial charge in [-0.3, -0.25) is 0 Å². The van der Waals surface area contributed by atoms with E-state index < -0.39 is 11.6 Å². The highest BCUT2D eigenvalue weighted by Crippen LogP contribution is 2.21. The molecule has 0 aliphatic carbocycles. The zero-order valence-electron chi connectivity index (χ0n) is 12.2. The van der Waals surface area contributed by atoms with E-state index in [-0.39, 0.29) is 0 Å². The number of hydrogen-bond donors (Lipinski definition) is 1. The highest BCUT2D eigenvalue weighted by atomic mass is 19.2. The van der Waals surface area contributed by atoms with Gasteiger partial charge >= 0.3 is 0 Å². The van der Waals surface area contributed by atoms with Gasteiger partial charge in [-0.25, -0.2) is 8.78 Å². The summed E-state index contributed by atoms with van der Waals surface area (Å²) < 4.78 is 26.2. The lowest BCUT2D eigenvalue weighted by molar-refractivity contribution is 0.509. The van der Waals surface area contributed by atoms with Gasteiger partial charge in [-0.2, -0.15) is 10.1 Å². The Morgan fingerprint density at radius 3 is 2.52 bits per heavy atom. The van der Waals surface area contributed by atoms with Gasteiger partial charge in [0.1, 0.15) is 0 Å². The number of halogens is 2. The SMILES string of the molecule is CN(c1ccccc1)c1nncc(Nc2ccc(F)c(F)c2)n1. The van der Waals surface area contributed by atoms with Gasteiger partial charge in [-0.05, 0) is 24.3 Å². The summed E-state index contributed by atoms with van der Waals surface area (Å²) in [4.78, 5) is 6.09. The zero-order valence-corrected chi connectivity index (χ0v) is 12.2. The van der Waals surface area contributed by atoms with Gasteiger partial charge in [0.15, 0.2) is 17.5 Å². The Hall–Kier alpha value is -3.09. The van der Waals surface area contributed by atoms with Crippen LogP contribution in [0.2, 0.25) is 0 Å². The third kappa shape index (κ3) is 3.39. The molecule has 116 valence electrons. The van der Waals surface area contributed by atoms with Crippen molar-refractivity contribution in [3.05, 3.63) is 66.4 Å². The van der Waals surface area contributed by atoms with Crippen LogP contribution in [0.3, 0.4) is 0 Å². The third-order valence-corrected chi connectivity index (χ3v) is 3.18. The summed E-state index contributed by atoms with van der Waals surface area (Å²) >= 11 is 0. The first-order valence-electron chi connectivity index (χ1n) is 6.84. The molecule has 0 aliphatic rings. The molecule has 0 spiro atoms. The van der Waals surface area contributed by atoms with E-state index in [1.165, 1.54) is 12.3 Å². The Morgan fingerprint density at radius 1 is 1.00 bits per heavy atom. The number of anilines is 4. The van der Waals surface area contributed by atoms with Crippen LogP contribution in [-0.2, 0) is 0 Å². The fourth-order valence-electron chi connectivity index (χ4n) is 1.99. The van der Waals surface area contributed by atoms with Crippen LogP contribution in [0.4, 0.5) is 31.9 Å². The second-order valence-corrected chi connectivity index (χ2v) is 4.79. The standard InChI is InChI=1S/C16H13F2N5/c1-23(12-5-3-2-4-6-12)16-21-15(10-19-22-16)20-11-7-8-13(17)14(18)9-11/h2-10H,1H3,(H,20,21,22). The fourth-order valence-corrected chi connectivity index (χ4v) is 1.99. The number of para-hydroxylation sites is 1. The van der Waals surface area contributed by atoms with Crippen molar-refractivity contribution in [2.24, 2.45) is 0 Å². The Balaban J connectivity index is 1.83. The number of aromatic nitrogens is 3. The molecule has 5 nitrogen and oxygen atoms in total. The van der Waals surface area contributed by atoms with Gasteiger partial charge in [0.05, 0.1) is 6.20 Å². The van der Waals surface area contributed by atoms with E-state index in [4.69, 9.17) is 0 Å². The maximum atomic E-state index is 13.2. The molecule has 2 aromatic carbocycles. The molecule has 0 amide bonds. The number of nitrogens with one attached hydrogen (secondary N) is 1. The molecule has 0 bridgehead atoms. The van der Waals surface area contributed by atoms with Crippen LogP contribution in [0.15, 0.2) is 54.7 Å². The molecule has 23 heavy (non-hydrogen) atoms. The summed E-state index contributed by atoms with van der Waals surface area (Å²) in [6, 6.07) is 13.1. The molecular formula is C16H13F2N5. The maximum absolute atomic E-state index is 13.2. The Kier molecular flexibility index (Phi) is 4.09. The van der Waals surface area contributed by atoms with E-state index in [1.807, 2.05) is 37.4 Å². The lowest BCUT2D eigenvalue weighted by Gasteiger charge is -2.17. The molecule has 3 rings (SSSR count). The van der Waals surface area contributed by atoms with Crippen molar-refractivity contribution in [2.75, 3.05) is 17.3 Å². The summed E-state index contributed by atoms with van der Waals surface area (Å²) in [5.74, 6) is -1.08. The van der Waals surface area contributed by atoms with E-state index in [1.54, 1.807) is 4.90 Å². The van der Waals surface area contributed by atoms with Crippen molar-refractivity contribution in [3.8, 4) is 0 Å². The maximum Gasteiger partial charge on any atom is 0.251 e. The predicted molar refractivity (Wildman–Crippen MR) is 84.0 cm³/mol. The summed E-state index contributed by atoms with van der Waals surface area (Å²) in [6.45, 7) is 0. The first-order chi connectivity index (χ1) is 11.1. The molecule has 7 heteroatoms. The summed E-state index contributed by atoms with van der Waals surface area (Å²) in [5, 5.41) is 10.7. The molecular weight excluding hydrogens is 300 g/mol. The van der Waals surface area contributed by atoms with Gasteiger partial charge in [0, 0.05) is 24.5 Å². The van der Waals surface area contributed by atoms with Gasteiger partial charge in [-0.15, -0.1) is 5.10 Å². The van der Waals surface area contributed by atoms with E-state index >= 15 is 0 Å². The molecule has 0 atom stereocenters. The van der Waals surface area contributed by atoms with E-state index in [2.05, 4.69) is 20.5 Å². The topological polar surface area (TPSA) is 53.9 Å². The molecule has 1 N–H and O–H groups in total. The smallest absolute Gasteiger partial charge is 0.251 e. The largest absolute Gasteiger partial charge is 0.339 e. The van der Waals surface area contributed by atoms with Crippen molar-refractivity contribution in [1.82, 2.24) is 15.2 Å². The summed E-state index contributed by atoms with van der Waals surface area (Å²) in [5.41, 5.74) is 1.27. The molecule has 0 radical (unpaired) electrons. The number of benzene rings is 2. The quantitative estimate of drug-likeness (QED) is 0.796.